The minimum Gasteiger partial charge on any atom is -0.357 e. The number of aliphatic imine (C=N–C) groups is 1. The highest BCUT2D eigenvalue weighted by molar-refractivity contribution is 5.94. The first-order valence-electron chi connectivity index (χ1n) is 11.3. The summed E-state index contributed by atoms with van der Waals surface area (Å²) in [5, 5.41) is 6.73. The number of pyridine rings is 1. The minimum absolute atomic E-state index is 0.0511. The van der Waals surface area contributed by atoms with E-state index in [1.54, 1.807) is 12.3 Å². The van der Waals surface area contributed by atoms with Crippen molar-refractivity contribution in [3.05, 3.63) is 59.5 Å². The molecule has 1 saturated heterocycles. The number of benzene rings is 1. The van der Waals surface area contributed by atoms with Crippen molar-refractivity contribution in [3.63, 3.8) is 0 Å². The first-order chi connectivity index (χ1) is 15.5. The number of carbonyl (C=O) groups excluding carboxylic acids is 1. The molecule has 1 aromatic heterocycles. The van der Waals surface area contributed by atoms with Crippen molar-refractivity contribution < 1.29 is 9.18 Å². The molecule has 172 valence electrons. The Bertz CT molecular complexity index is 913. The van der Waals surface area contributed by atoms with E-state index in [9.17, 15) is 9.18 Å². The number of carbonyl (C=O) groups is 1. The van der Waals surface area contributed by atoms with Gasteiger partial charge in [-0.15, -0.1) is 0 Å². The second kappa shape index (κ2) is 11.5. The van der Waals surface area contributed by atoms with Crippen LogP contribution in [0.25, 0.3) is 0 Å². The van der Waals surface area contributed by atoms with Crippen LogP contribution in [0.3, 0.4) is 0 Å². The van der Waals surface area contributed by atoms with Crippen molar-refractivity contribution in [3.8, 4) is 0 Å². The molecule has 2 N–H and O–H groups in total. The van der Waals surface area contributed by atoms with Gasteiger partial charge in [0.25, 0.3) is 5.91 Å². The lowest BCUT2D eigenvalue weighted by atomic mass is 10.1. The molecule has 1 fully saturated rings. The number of hydrogen-bond acceptors (Lipinski definition) is 4. The van der Waals surface area contributed by atoms with Gasteiger partial charge in [-0.3, -0.25) is 4.79 Å². The molecule has 1 amide bonds. The lowest BCUT2D eigenvalue weighted by molar-refractivity contribution is 0.0773. The molecule has 1 aliphatic rings. The van der Waals surface area contributed by atoms with E-state index >= 15 is 0 Å². The maximum absolute atomic E-state index is 14.0. The van der Waals surface area contributed by atoms with Crippen molar-refractivity contribution in [2.75, 3.05) is 37.6 Å². The Kier molecular flexibility index (Phi) is 8.41. The van der Waals surface area contributed by atoms with Crippen LogP contribution in [0.15, 0.2) is 47.6 Å². The van der Waals surface area contributed by atoms with Crippen LogP contribution in [-0.2, 0) is 6.54 Å². The molecule has 0 saturated carbocycles. The van der Waals surface area contributed by atoms with Crippen LogP contribution in [0.2, 0.25) is 0 Å². The normalized spacial score (nSPS) is 16.2. The van der Waals surface area contributed by atoms with Crippen molar-refractivity contribution >= 4 is 17.7 Å². The maximum Gasteiger partial charge on any atom is 0.253 e. The predicted molar refractivity (Wildman–Crippen MR) is 126 cm³/mol. The minimum atomic E-state index is -0.295. The second-order valence-corrected chi connectivity index (χ2v) is 7.75. The highest BCUT2D eigenvalue weighted by atomic mass is 19.1. The maximum atomic E-state index is 14.0. The van der Waals surface area contributed by atoms with Crippen LogP contribution in [-0.4, -0.2) is 60.5 Å². The second-order valence-electron chi connectivity index (χ2n) is 7.75. The molecule has 1 aliphatic heterocycles. The number of anilines is 1. The van der Waals surface area contributed by atoms with Crippen LogP contribution in [0.5, 0.6) is 0 Å². The van der Waals surface area contributed by atoms with Crippen LogP contribution < -0.4 is 15.5 Å². The standard InChI is InChI=1S/C24H33FN6O/c1-4-26-24(29-20-13-15-31(17-20)22-21(25)8-7-14-27-22)28-16-18-9-11-19(12-10-18)23(32)30(5-2)6-3/h7-12,14,20H,4-6,13,15-17H2,1-3H3,(H2,26,28,29). The van der Waals surface area contributed by atoms with Gasteiger partial charge < -0.3 is 20.4 Å². The number of nitrogens with one attached hydrogen (secondary N) is 2. The average Bonchev–Trinajstić information content (AvgIpc) is 3.27. The molecule has 1 aromatic carbocycles. The quantitative estimate of drug-likeness (QED) is 0.488. The summed E-state index contributed by atoms with van der Waals surface area (Å²) >= 11 is 0. The van der Waals surface area contributed by atoms with Gasteiger partial charge in [0.1, 0.15) is 0 Å². The number of rotatable bonds is 8. The van der Waals surface area contributed by atoms with E-state index in [-0.39, 0.29) is 17.8 Å². The van der Waals surface area contributed by atoms with Crippen LogP contribution >= 0.6 is 0 Å². The van der Waals surface area contributed by atoms with Crippen LogP contribution in [0.1, 0.15) is 43.1 Å². The Morgan fingerprint density at radius 3 is 2.62 bits per heavy atom. The van der Waals surface area contributed by atoms with Crippen molar-refractivity contribution in [2.45, 2.75) is 39.8 Å². The molecule has 7 nitrogen and oxygen atoms in total. The molecule has 2 aromatic rings. The summed E-state index contributed by atoms with van der Waals surface area (Å²) in [5.74, 6) is 0.883. The van der Waals surface area contributed by atoms with Gasteiger partial charge in [-0.2, -0.15) is 0 Å². The van der Waals surface area contributed by atoms with Gasteiger partial charge >= 0.3 is 0 Å². The number of hydrogen-bond donors (Lipinski definition) is 2. The SMILES string of the molecule is CCNC(=NCc1ccc(C(=O)N(CC)CC)cc1)NC1CCN(c2ncccc2F)C1. The van der Waals surface area contributed by atoms with Gasteiger partial charge in [0.15, 0.2) is 17.6 Å². The lowest BCUT2D eigenvalue weighted by Crippen LogP contribution is -2.44. The third-order valence-electron chi connectivity index (χ3n) is 5.58. The first kappa shape index (κ1) is 23.5. The van der Waals surface area contributed by atoms with Gasteiger partial charge in [-0.25, -0.2) is 14.4 Å². The zero-order valence-electron chi connectivity index (χ0n) is 19.1. The largest absolute Gasteiger partial charge is 0.357 e. The summed E-state index contributed by atoms with van der Waals surface area (Å²) in [7, 11) is 0. The van der Waals surface area contributed by atoms with E-state index in [2.05, 4.69) is 15.6 Å². The molecule has 0 bridgehead atoms. The summed E-state index contributed by atoms with van der Waals surface area (Å²) in [6.45, 7) is 10.0. The molecular weight excluding hydrogens is 407 g/mol. The fourth-order valence-electron chi connectivity index (χ4n) is 3.81. The van der Waals surface area contributed by atoms with Gasteiger partial charge in [-0.05, 0) is 57.0 Å². The molecule has 0 aliphatic carbocycles. The average molecular weight is 441 g/mol. The third-order valence-corrected chi connectivity index (χ3v) is 5.58. The Balaban J connectivity index is 1.59. The van der Waals surface area contributed by atoms with Gasteiger partial charge in [-0.1, -0.05) is 12.1 Å². The third kappa shape index (κ3) is 5.96. The summed E-state index contributed by atoms with van der Waals surface area (Å²) < 4.78 is 14.0. The number of amides is 1. The molecule has 0 spiro atoms. The Hall–Kier alpha value is -3.16. The van der Waals surface area contributed by atoms with Gasteiger partial charge in [0.05, 0.1) is 6.54 Å². The fourth-order valence-corrected chi connectivity index (χ4v) is 3.81. The van der Waals surface area contributed by atoms with E-state index in [1.165, 1.54) is 6.07 Å². The van der Waals surface area contributed by atoms with E-state index < -0.39 is 0 Å². The highest BCUT2D eigenvalue weighted by Gasteiger charge is 2.25. The van der Waals surface area contributed by atoms with E-state index in [0.717, 1.165) is 31.0 Å². The highest BCUT2D eigenvalue weighted by Crippen LogP contribution is 2.20. The summed E-state index contributed by atoms with van der Waals surface area (Å²) in [6, 6.07) is 10.8. The molecule has 0 radical (unpaired) electrons. The lowest BCUT2D eigenvalue weighted by Gasteiger charge is -2.20. The smallest absolute Gasteiger partial charge is 0.253 e. The van der Waals surface area contributed by atoms with E-state index in [0.29, 0.717) is 37.6 Å². The predicted octanol–water partition coefficient (Wildman–Crippen LogP) is 3.04. The first-order valence-corrected chi connectivity index (χ1v) is 11.3. The fraction of sp³-hybridized carbons (Fsp3) is 0.458. The van der Waals surface area contributed by atoms with Crippen molar-refractivity contribution in [2.24, 2.45) is 4.99 Å². The van der Waals surface area contributed by atoms with Crippen molar-refractivity contribution in [1.82, 2.24) is 20.5 Å². The van der Waals surface area contributed by atoms with Crippen molar-refractivity contribution in [1.29, 1.82) is 0 Å². The molecule has 32 heavy (non-hydrogen) atoms. The molecule has 3 rings (SSSR count). The molecule has 8 heteroatoms. The number of nitrogens with zero attached hydrogens (tertiary/aromatic N) is 4. The monoisotopic (exact) mass is 440 g/mol. The Morgan fingerprint density at radius 2 is 1.97 bits per heavy atom. The topological polar surface area (TPSA) is 72.9 Å². The molecular formula is C24H33FN6O. The number of guanidine groups is 1. The van der Waals surface area contributed by atoms with Gasteiger partial charge in [0, 0.05) is 50.5 Å². The van der Waals surface area contributed by atoms with Gasteiger partial charge in [0.2, 0.25) is 0 Å². The Morgan fingerprint density at radius 1 is 1.22 bits per heavy atom. The molecule has 1 atom stereocenters. The van der Waals surface area contributed by atoms with Crippen LogP contribution in [0.4, 0.5) is 10.2 Å². The Labute approximate surface area is 189 Å². The summed E-state index contributed by atoms with van der Waals surface area (Å²) in [5.41, 5.74) is 1.72. The number of halogens is 1. The zero-order valence-corrected chi connectivity index (χ0v) is 19.1. The summed E-state index contributed by atoms with van der Waals surface area (Å²) in [6.07, 6.45) is 2.49. The molecule has 1 unspecified atom stereocenters. The zero-order chi connectivity index (χ0) is 22.9. The van der Waals surface area contributed by atoms with E-state index in [4.69, 9.17) is 4.99 Å². The number of aromatic nitrogens is 1. The summed E-state index contributed by atoms with van der Waals surface area (Å²) in [4.78, 5) is 25.1. The van der Waals surface area contributed by atoms with E-state index in [1.807, 2.05) is 54.8 Å². The van der Waals surface area contributed by atoms with Crippen LogP contribution in [0, 0.1) is 5.82 Å². The molecule has 2 heterocycles.